The van der Waals surface area contributed by atoms with Crippen LogP contribution in [0.2, 0.25) is 0 Å². The molecule has 0 aliphatic carbocycles. The number of nitrogens with one attached hydrogen (secondary N) is 3. The zero-order valence-corrected chi connectivity index (χ0v) is 11.4. The Labute approximate surface area is 119 Å². The van der Waals surface area contributed by atoms with Gasteiger partial charge >= 0.3 is 0 Å². The highest BCUT2D eigenvalue weighted by molar-refractivity contribution is 7.08. The first kappa shape index (κ1) is 11.8. The summed E-state index contributed by atoms with van der Waals surface area (Å²) in [7, 11) is 0. The first-order valence-electron chi connectivity index (χ1n) is 6.37. The van der Waals surface area contributed by atoms with Gasteiger partial charge in [0.25, 0.3) is 0 Å². The van der Waals surface area contributed by atoms with Crippen molar-refractivity contribution in [3.63, 3.8) is 0 Å². The van der Waals surface area contributed by atoms with Crippen molar-refractivity contribution in [3.05, 3.63) is 29.0 Å². The fourth-order valence-corrected chi connectivity index (χ4v) is 2.85. The van der Waals surface area contributed by atoms with E-state index in [1.54, 1.807) is 15.9 Å². The third kappa shape index (κ3) is 2.03. The second kappa shape index (κ2) is 4.82. The van der Waals surface area contributed by atoms with E-state index >= 15 is 0 Å². The van der Waals surface area contributed by atoms with Crippen LogP contribution in [-0.2, 0) is 0 Å². The first-order valence-corrected chi connectivity index (χ1v) is 7.32. The van der Waals surface area contributed by atoms with Gasteiger partial charge in [0, 0.05) is 24.0 Å². The van der Waals surface area contributed by atoms with Crippen LogP contribution in [0.3, 0.4) is 0 Å². The van der Waals surface area contributed by atoms with Crippen LogP contribution >= 0.6 is 11.3 Å². The number of thiophene rings is 1. The molecular weight excluding hydrogens is 274 g/mol. The minimum Gasteiger partial charge on any atom is -0.363 e. The average molecular weight is 287 g/mol. The van der Waals surface area contributed by atoms with Crippen LogP contribution in [0.25, 0.3) is 17.0 Å². The molecule has 0 bridgehead atoms. The van der Waals surface area contributed by atoms with Crippen LogP contribution < -0.4 is 16.2 Å². The van der Waals surface area contributed by atoms with Crippen molar-refractivity contribution in [1.82, 2.24) is 30.7 Å². The van der Waals surface area contributed by atoms with Crippen molar-refractivity contribution < 1.29 is 0 Å². The number of hydrogen-bond donors (Lipinski definition) is 3. The number of nitrogens with zero attached hydrogens (tertiary/aromatic N) is 4. The average Bonchev–Trinajstić information content (AvgIpc) is 3.19. The molecule has 1 aliphatic rings. The van der Waals surface area contributed by atoms with E-state index in [2.05, 4.69) is 31.5 Å². The van der Waals surface area contributed by atoms with Gasteiger partial charge in [0.2, 0.25) is 0 Å². The van der Waals surface area contributed by atoms with E-state index in [0.29, 0.717) is 6.04 Å². The van der Waals surface area contributed by atoms with Crippen LogP contribution in [0.5, 0.6) is 0 Å². The highest BCUT2D eigenvalue weighted by Crippen LogP contribution is 2.20. The molecule has 0 unspecified atom stereocenters. The molecule has 7 nitrogen and oxygen atoms in total. The molecule has 1 aliphatic heterocycles. The van der Waals surface area contributed by atoms with Crippen LogP contribution in [0, 0.1) is 0 Å². The van der Waals surface area contributed by atoms with Gasteiger partial charge < -0.3 is 5.32 Å². The van der Waals surface area contributed by atoms with E-state index in [-0.39, 0.29) is 0 Å². The van der Waals surface area contributed by atoms with Crippen molar-refractivity contribution in [3.8, 4) is 11.4 Å². The van der Waals surface area contributed by atoms with Gasteiger partial charge in [-0.05, 0) is 23.6 Å². The van der Waals surface area contributed by atoms with Gasteiger partial charge in [0.15, 0.2) is 11.5 Å². The van der Waals surface area contributed by atoms with Gasteiger partial charge in [-0.3, -0.25) is 10.9 Å². The third-order valence-corrected chi connectivity index (χ3v) is 3.90. The van der Waals surface area contributed by atoms with Crippen molar-refractivity contribution in [2.45, 2.75) is 6.04 Å². The maximum absolute atomic E-state index is 4.58. The fraction of sp³-hybridized carbons (Fsp3) is 0.250. The molecule has 0 radical (unpaired) electrons. The molecule has 1 fully saturated rings. The lowest BCUT2D eigenvalue weighted by atomic mass is 10.3. The lowest BCUT2D eigenvalue weighted by molar-refractivity contribution is 0.689. The number of rotatable bonds is 3. The molecule has 4 heterocycles. The number of aromatic nitrogens is 4. The molecule has 4 rings (SSSR count). The van der Waals surface area contributed by atoms with E-state index in [9.17, 15) is 0 Å². The highest BCUT2D eigenvalue weighted by Gasteiger charge is 2.15. The van der Waals surface area contributed by atoms with E-state index in [0.717, 1.165) is 35.9 Å². The van der Waals surface area contributed by atoms with E-state index < -0.39 is 0 Å². The maximum Gasteiger partial charge on any atom is 0.186 e. The minimum absolute atomic E-state index is 0.334. The topological polar surface area (TPSA) is 79.2 Å². The van der Waals surface area contributed by atoms with Gasteiger partial charge in [0.1, 0.15) is 5.82 Å². The quantitative estimate of drug-likeness (QED) is 0.659. The second-order valence-electron chi connectivity index (χ2n) is 4.63. The Kier molecular flexibility index (Phi) is 2.84. The Morgan fingerprint density at radius 1 is 1.20 bits per heavy atom. The van der Waals surface area contributed by atoms with Crippen molar-refractivity contribution in [2.24, 2.45) is 0 Å². The Morgan fingerprint density at radius 2 is 2.10 bits per heavy atom. The van der Waals surface area contributed by atoms with Crippen molar-refractivity contribution >= 4 is 22.8 Å². The Balaban J connectivity index is 1.71. The SMILES string of the molecule is c1cc(-c2nnc3ccc(NC4CNNC4)nn23)cs1. The molecule has 0 spiro atoms. The molecule has 3 aromatic rings. The largest absolute Gasteiger partial charge is 0.363 e. The summed E-state index contributed by atoms with van der Waals surface area (Å²) in [6, 6.07) is 6.21. The standard InChI is InChI=1S/C12H13N7S/c1-2-11-16-17-12(8-3-4-20-7-8)19(11)18-10(1)15-9-5-13-14-6-9/h1-4,7,9,13-14H,5-6H2,(H,15,18). The normalized spacial score (nSPS) is 16.0. The first-order chi connectivity index (χ1) is 9.90. The lowest BCUT2D eigenvalue weighted by Gasteiger charge is -2.11. The molecule has 102 valence electrons. The minimum atomic E-state index is 0.334. The molecule has 20 heavy (non-hydrogen) atoms. The van der Waals surface area contributed by atoms with Gasteiger partial charge in [0.05, 0.1) is 6.04 Å². The lowest BCUT2D eigenvalue weighted by Crippen LogP contribution is -2.25. The van der Waals surface area contributed by atoms with Gasteiger partial charge in [-0.25, -0.2) is 0 Å². The Morgan fingerprint density at radius 3 is 2.90 bits per heavy atom. The summed E-state index contributed by atoms with van der Waals surface area (Å²) in [5.74, 6) is 1.59. The Bertz CT molecular complexity index is 715. The summed E-state index contributed by atoms with van der Waals surface area (Å²) in [4.78, 5) is 0. The van der Waals surface area contributed by atoms with Crippen molar-refractivity contribution in [2.75, 3.05) is 18.4 Å². The monoisotopic (exact) mass is 287 g/mol. The molecule has 0 atom stereocenters. The van der Waals surface area contributed by atoms with E-state index in [4.69, 9.17) is 0 Å². The molecule has 0 amide bonds. The van der Waals surface area contributed by atoms with Gasteiger partial charge in [-0.2, -0.15) is 15.9 Å². The van der Waals surface area contributed by atoms with Crippen LogP contribution in [0.4, 0.5) is 5.82 Å². The van der Waals surface area contributed by atoms with E-state index in [1.807, 2.05) is 29.0 Å². The molecular formula is C12H13N7S. The second-order valence-corrected chi connectivity index (χ2v) is 5.41. The zero-order chi connectivity index (χ0) is 13.4. The Hall–Kier alpha value is -2.03. The number of hydrazine groups is 1. The van der Waals surface area contributed by atoms with Gasteiger partial charge in [-0.15, -0.1) is 15.3 Å². The van der Waals surface area contributed by atoms with Gasteiger partial charge in [-0.1, -0.05) is 0 Å². The van der Waals surface area contributed by atoms with Crippen LogP contribution in [-0.4, -0.2) is 38.9 Å². The molecule has 3 aromatic heterocycles. The molecule has 0 aromatic carbocycles. The smallest absolute Gasteiger partial charge is 0.186 e. The summed E-state index contributed by atoms with van der Waals surface area (Å²) in [6.45, 7) is 1.75. The number of hydrogen-bond acceptors (Lipinski definition) is 7. The van der Waals surface area contributed by atoms with Crippen molar-refractivity contribution in [1.29, 1.82) is 0 Å². The molecule has 0 saturated carbocycles. The molecule has 8 heteroatoms. The zero-order valence-electron chi connectivity index (χ0n) is 10.6. The predicted molar refractivity (Wildman–Crippen MR) is 77.5 cm³/mol. The summed E-state index contributed by atoms with van der Waals surface area (Å²) < 4.78 is 1.78. The highest BCUT2D eigenvalue weighted by atomic mass is 32.1. The number of fused-ring (bicyclic) bond motifs is 1. The fourth-order valence-electron chi connectivity index (χ4n) is 2.21. The summed E-state index contributed by atoms with van der Waals surface area (Å²) >= 11 is 1.64. The predicted octanol–water partition coefficient (Wildman–Crippen LogP) is 0.741. The van der Waals surface area contributed by atoms with Crippen LogP contribution in [0.15, 0.2) is 29.0 Å². The number of anilines is 1. The molecule has 1 saturated heterocycles. The van der Waals surface area contributed by atoms with E-state index in [1.165, 1.54) is 0 Å². The third-order valence-electron chi connectivity index (χ3n) is 3.22. The molecule has 3 N–H and O–H groups in total. The summed E-state index contributed by atoms with van der Waals surface area (Å²) in [5.41, 5.74) is 7.96. The summed E-state index contributed by atoms with van der Waals surface area (Å²) in [6.07, 6.45) is 0. The summed E-state index contributed by atoms with van der Waals surface area (Å²) in [5, 5.41) is 20.4. The maximum atomic E-state index is 4.58. The van der Waals surface area contributed by atoms with Crippen LogP contribution in [0.1, 0.15) is 0 Å².